The minimum absolute atomic E-state index is 0.0646. The lowest BCUT2D eigenvalue weighted by Crippen LogP contribution is -1.91. The topological polar surface area (TPSA) is 132 Å². The molecule has 4 aromatic rings. The highest BCUT2D eigenvalue weighted by atomic mass is 16.3. The van der Waals surface area contributed by atoms with Gasteiger partial charge in [-0.1, -0.05) is 154 Å². The average Bonchev–Trinajstić information content (AvgIpc) is 3.27. The first-order chi connectivity index (χ1) is 29.4. The molecule has 0 aliphatic carbocycles. The summed E-state index contributed by atoms with van der Waals surface area (Å²) < 4.78 is 0. The minimum atomic E-state index is -0.816. The second-order valence-electron chi connectivity index (χ2n) is 15.9. The molecule has 0 saturated heterocycles. The number of aryl methyl sites for hydroxylation is 2. The molecule has 320 valence electrons. The monoisotopic (exact) mass is 813 g/mol. The molecule has 9 nitrogen and oxygen atoms in total. The Bertz CT molecular complexity index is 1800. The molecule has 0 radical (unpaired) electrons. The summed E-state index contributed by atoms with van der Waals surface area (Å²) in [7, 11) is 0. The standard InChI is InChI=1S/C51H68N6O3/c1-3-5-7-9-11-13-15-17-19-21-23-41-25-29-45(30-26-41)54-56-47-33-35-49(58)43(37-47)39-52-51(60)53-40-44-38-48(34-36-50(44)59)57-55-46-31-27-42(28-32-46)24-22-20-18-16-14-12-10-8-6-4-2/h25-40,58-59H,3-24H2,1-2H3/b52-39+,53-40+,56-54?,57-55?. The van der Waals surface area contributed by atoms with E-state index in [9.17, 15) is 15.0 Å². The molecule has 0 aromatic heterocycles. The Morgan fingerprint density at radius 2 is 0.717 bits per heavy atom. The van der Waals surface area contributed by atoms with Gasteiger partial charge in [-0.05, 0) is 97.5 Å². The third-order valence-corrected chi connectivity index (χ3v) is 10.7. The van der Waals surface area contributed by atoms with Gasteiger partial charge in [0.05, 0.1) is 22.7 Å². The molecule has 0 heterocycles. The number of carbonyl (C=O) groups excluding carboxylic acids is 1. The van der Waals surface area contributed by atoms with Crippen molar-refractivity contribution >= 4 is 41.2 Å². The molecule has 2 amide bonds. The fourth-order valence-electron chi connectivity index (χ4n) is 7.02. The van der Waals surface area contributed by atoms with Crippen LogP contribution in [0.1, 0.15) is 165 Å². The Morgan fingerprint density at radius 1 is 0.417 bits per heavy atom. The van der Waals surface area contributed by atoms with Gasteiger partial charge < -0.3 is 10.2 Å². The van der Waals surface area contributed by atoms with Crippen LogP contribution in [0.5, 0.6) is 11.5 Å². The summed E-state index contributed by atoms with van der Waals surface area (Å²) >= 11 is 0. The van der Waals surface area contributed by atoms with Crippen molar-refractivity contribution < 1.29 is 15.0 Å². The van der Waals surface area contributed by atoms with Gasteiger partial charge in [0, 0.05) is 23.6 Å². The largest absolute Gasteiger partial charge is 0.507 e. The first-order valence-electron chi connectivity index (χ1n) is 22.7. The SMILES string of the molecule is CCCCCCCCCCCCc1ccc(N=Nc2ccc(O)c(/C=N/C(=O)/N=C/c3cc(N=Nc4ccc(CCCCCCCCCCCC)cc4)ccc3O)c2)cc1. The normalized spacial score (nSPS) is 11.9. The number of benzene rings is 4. The fourth-order valence-corrected chi connectivity index (χ4v) is 7.02. The van der Waals surface area contributed by atoms with Gasteiger partial charge in [0.15, 0.2) is 0 Å². The van der Waals surface area contributed by atoms with Crippen LogP contribution in [0.3, 0.4) is 0 Å². The lowest BCUT2D eigenvalue weighted by atomic mass is 10.0. The van der Waals surface area contributed by atoms with E-state index in [4.69, 9.17) is 0 Å². The molecule has 0 unspecified atom stereocenters. The second kappa shape index (κ2) is 29.0. The summed E-state index contributed by atoms with van der Waals surface area (Å²) in [6.45, 7) is 4.52. The van der Waals surface area contributed by atoms with Crippen molar-refractivity contribution in [3.05, 3.63) is 107 Å². The number of nitrogens with zero attached hydrogens (tertiary/aromatic N) is 6. The van der Waals surface area contributed by atoms with Crippen LogP contribution in [0.2, 0.25) is 0 Å². The Labute approximate surface area is 359 Å². The minimum Gasteiger partial charge on any atom is -0.507 e. The smallest absolute Gasteiger partial charge is 0.366 e. The van der Waals surface area contributed by atoms with E-state index in [1.807, 2.05) is 24.3 Å². The maximum Gasteiger partial charge on any atom is 0.366 e. The number of hydrogen-bond acceptors (Lipinski definition) is 7. The molecule has 0 spiro atoms. The number of carbonyl (C=O) groups is 1. The summed E-state index contributed by atoms with van der Waals surface area (Å²) in [6, 6.07) is 24.8. The van der Waals surface area contributed by atoms with Crippen molar-refractivity contribution in [3.63, 3.8) is 0 Å². The maximum absolute atomic E-state index is 12.5. The van der Waals surface area contributed by atoms with Gasteiger partial charge in [-0.2, -0.15) is 30.4 Å². The lowest BCUT2D eigenvalue weighted by Gasteiger charge is -2.04. The first kappa shape index (κ1) is 47.4. The van der Waals surface area contributed by atoms with Crippen LogP contribution in [0.4, 0.5) is 27.5 Å². The number of phenolic OH excluding ortho intramolecular Hbond substituents is 2. The van der Waals surface area contributed by atoms with Crippen molar-refractivity contribution in [2.24, 2.45) is 30.4 Å². The van der Waals surface area contributed by atoms with Gasteiger partial charge in [-0.15, -0.1) is 0 Å². The molecule has 4 aromatic carbocycles. The van der Waals surface area contributed by atoms with Crippen LogP contribution >= 0.6 is 0 Å². The maximum atomic E-state index is 12.5. The molecule has 0 fully saturated rings. The van der Waals surface area contributed by atoms with Crippen LogP contribution in [-0.2, 0) is 12.8 Å². The molecular formula is C51H68N6O3. The highest BCUT2D eigenvalue weighted by Crippen LogP contribution is 2.27. The van der Waals surface area contributed by atoms with Crippen LogP contribution in [0.15, 0.2) is 115 Å². The predicted octanol–water partition coefficient (Wildman–Crippen LogP) is 16.5. The second-order valence-corrected chi connectivity index (χ2v) is 15.9. The number of hydrogen-bond donors (Lipinski definition) is 2. The number of aromatic hydroxyl groups is 2. The van der Waals surface area contributed by atoms with Crippen molar-refractivity contribution in [1.29, 1.82) is 0 Å². The first-order valence-corrected chi connectivity index (χ1v) is 22.7. The third-order valence-electron chi connectivity index (χ3n) is 10.7. The summed E-state index contributed by atoms with van der Waals surface area (Å²) in [5, 5.41) is 38.1. The molecule has 9 heteroatoms. The van der Waals surface area contributed by atoms with Gasteiger partial charge >= 0.3 is 6.03 Å². The number of phenols is 2. The number of aliphatic imine (C=N–C) groups is 2. The molecule has 4 rings (SSSR count). The molecule has 0 aliphatic heterocycles. The van der Waals surface area contributed by atoms with E-state index >= 15 is 0 Å². The van der Waals surface area contributed by atoms with Crippen molar-refractivity contribution in [3.8, 4) is 11.5 Å². The van der Waals surface area contributed by atoms with E-state index in [-0.39, 0.29) is 11.5 Å². The van der Waals surface area contributed by atoms with Gasteiger partial charge in [-0.3, -0.25) is 0 Å². The molecule has 2 N–H and O–H groups in total. The lowest BCUT2D eigenvalue weighted by molar-refractivity contribution is 0.257. The predicted molar refractivity (Wildman–Crippen MR) is 249 cm³/mol. The van der Waals surface area contributed by atoms with Crippen molar-refractivity contribution in [1.82, 2.24) is 0 Å². The quantitative estimate of drug-likeness (QED) is 0.0336. The van der Waals surface area contributed by atoms with E-state index in [1.54, 1.807) is 24.3 Å². The van der Waals surface area contributed by atoms with E-state index in [1.165, 1.54) is 164 Å². The Balaban J connectivity index is 1.19. The summed E-state index contributed by atoms with van der Waals surface area (Å²) in [5.74, 6) is -0.129. The van der Waals surface area contributed by atoms with E-state index in [0.29, 0.717) is 22.5 Å². The van der Waals surface area contributed by atoms with E-state index < -0.39 is 6.03 Å². The highest BCUT2D eigenvalue weighted by Gasteiger charge is 2.05. The van der Waals surface area contributed by atoms with Crippen LogP contribution in [0.25, 0.3) is 0 Å². The Hall–Kier alpha value is -5.31. The van der Waals surface area contributed by atoms with Gasteiger partial charge in [0.1, 0.15) is 11.5 Å². The summed E-state index contributed by atoms with van der Waals surface area (Å²) in [6.07, 6.45) is 31.1. The zero-order valence-corrected chi connectivity index (χ0v) is 36.3. The molecule has 0 atom stereocenters. The number of urea groups is 1. The van der Waals surface area contributed by atoms with Crippen molar-refractivity contribution in [2.75, 3.05) is 0 Å². The zero-order chi connectivity index (χ0) is 42.5. The number of rotatable bonds is 28. The highest BCUT2D eigenvalue weighted by molar-refractivity contribution is 5.99. The molecule has 0 bridgehead atoms. The molecule has 0 aliphatic rings. The number of unbranched alkanes of at least 4 members (excludes halogenated alkanes) is 18. The van der Waals surface area contributed by atoms with Crippen LogP contribution in [0, 0.1) is 0 Å². The van der Waals surface area contributed by atoms with Gasteiger partial charge in [0.2, 0.25) is 0 Å². The van der Waals surface area contributed by atoms with E-state index in [0.717, 1.165) is 24.2 Å². The summed E-state index contributed by atoms with van der Waals surface area (Å²) in [4.78, 5) is 20.3. The van der Waals surface area contributed by atoms with Crippen molar-refractivity contribution in [2.45, 2.75) is 155 Å². The fraction of sp³-hybridized carbons (Fsp3) is 0.471. The molecular weight excluding hydrogens is 745 g/mol. The summed E-state index contributed by atoms with van der Waals surface area (Å²) in [5.41, 5.74) is 5.62. The van der Waals surface area contributed by atoms with Gasteiger partial charge in [-0.25, -0.2) is 4.79 Å². The van der Waals surface area contributed by atoms with Crippen LogP contribution < -0.4 is 0 Å². The number of azo groups is 2. The van der Waals surface area contributed by atoms with Crippen LogP contribution in [-0.4, -0.2) is 28.7 Å². The Kier molecular flexibility index (Phi) is 22.9. The molecule has 60 heavy (non-hydrogen) atoms. The Morgan fingerprint density at radius 3 is 1.07 bits per heavy atom. The average molecular weight is 813 g/mol. The van der Waals surface area contributed by atoms with E-state index in [2.05, 4.69) is 68.6 Å². The zero-order valence-electron chi connectivity index (χ0n) is 36.3. The third kappa shape index (κ3) is 19.6. The molecule has 0 saturated carbocycles. The number of amides is 2. The van der Waals surface area contributed by atoms with Gasteiger partial charge in [0.25, 0.3) is 0 Å².